The molecule has 26 heavy (non-hydrogen) atoms. The lowest BCUT2D eigenvalue weighted by Crippen LogP contribution is -2.26. The third kappa shape index (κ3) is 4.21. The van der Waals surface area contributed by atoms with Gasteiger partial charge in [-0.2, -0.15) is 4.98 Å². The van der Waals surface area contributed by atoms with Gasteiger partial charge in [-0.1, -0.05) is 16.8 Å². The number of amides is 1. The molecule has 0 radical (unpaired) electrons. The molecule has 1 aromatic heterocycles. The minimum Gasteiger partial charge on any atom is -0.497 e. The van der Waals surface area contributed by atoms with Gasteiger partial charge in [-0.25, -0.2) is 0 Å². The first-order valence-electron chi connectivity index (χ1n) is 8.06. The maximum atomic E-state index is 12.3. The molecule has 0 atom stereocenters. The van der Waals surface area contributed by atoms with Crippen LogP contribution in [0.2, 0.25) is 5.02 Å². The molecule has 3 aromatic rings. The molecule has 3 rings (SSSR count). The third-order valence-electron chi connectivity index (χ3n) is 3.96. The molecule has 7 heteroatoms. The summed E-state index contributed by atoms with van der Waals surface area (Å²) in [4.78, 5) is 18.3. The predicted molar refractivity (Wildman–Crippen MR) is 99.5 cm³/mol. The number of carbonyl (C=O) groups excluding carboxylic acids is 1. The molecule has 0 saturated carbocycles. The van der Waals surface area contributed by atoms with Crippen LogP contribution in [0.1, 0.15) is 12.3 Å². The van der Waals surface area contributed by atoms with Gasteiger partial charge >= 0.3 is 0 Å². The molecule has 0 aliphatic rings. The molecule has 0 N–H and O–H groups in total. The number of methoxy groups -OCH3 is 1. The van der Waals surface area contributed by atoms with Gasteiger partial charge in [0.15, 0.2) is 0 Å². The second-order valence-corrected chi connectivity index (χ2v) is 6.11. The Balaban J connectivity index is 1.60. The number of hydrogen-bond acceptors (Lipinski definition) is 5. The van der Waals surface area contributed by atoms with E-state index in [4.69, 9.17) is 20.9 Å². The van der Waals surface area contributed by atoms with E-state index < -0.39 is 0 Å². The van der Waals surface area contributed by atoms with E-state index in [1.807, 2.05) is 24.3 Å². The Kier molecular flexibility index (Phi) is 5.53. The first-order chi connectivity index (χ1) is 12.6. The van der Waals surface area contributed by atoms with Crippen LogP contribution >= 0.6 is 11.6 Å². The molecule has 0 aliphatic carbocycles. The molecule has 0 unspecified atom stereocenters. The van der Waals surface area contributed by atoms with Crippen molar-refractivity contribution in [2.75, 3.05) is 19.1 Å². The summed E-state index contributed by atoms with van der Waals surface area (Å²) in [6.45, 7) is 0. The van der Waals surface area contributed by atoms with E-state index in [-0.39, 0.29) is 12.3 Å². The van der Waals surface area contributed by atoms with Crippen LogP contribution in [0.3, 0.4) is 0 Å². The van der Waals surface area contributed by atoms with Crippen LogP contribution in [0.15, 0.2) is 53.1 Å². The van der Waals surface area contributed by atoms with E-state index >= 15 is 0 Å². The van der Waals surface area contributed by atoms with Crippen LogP contribution in [0.4, 0.5) is 5.69 Å². The average Bonchev–Trinajstić information content (AvgIpc) is 3.15. The summed E-state index contributed by atoms with van der Waals surface area (Å²) in [5, 5.41) is 4.60. The molecular weight excluding hydrogens is 354 g/mol. The van der Waals surface area contributed by atoms with E-state index in [2.05, 4.69) is 10.1 Å². The van der Waals surface area contributed by atoms with E-state index in [9.17, 15) is 4.79 Å². The lowest BCUT2D eigenvalue weighted by Gasteiger charge is -2.16. The van der Waals surface area contributed by atoms with Gasteiger partial charge in [0, 0.05) is 36.2 Å². The van der Waals surface area contributed by atoms with Crippen LogP contribution in [-0.4, -0.2) is 30.2 Å². The van der Waals surface area contributed by atoms with E-state index in [1.165, 1.54) is 0 Å². The van der Waals surface area contributed by atoms with Gasteiger partial charge in [0.2, 0.25) is 17.6 Å². The van der Waals surface area contributed by atoms with Crippen molar-refractivity contribution in [1.82, 2.24) is 10.1 Å². The quantitative estimate of drug-likeness (QED) is 0.655. The molecule has 134 valence electrons. The topological polar surface area (TPSA) is 68.5 Å². The fourth-order valence-corrected chi connectivity index (χ4v) is 2.53. The SMILES string of the molecule is COc1ccc(-c2noc(CCC(=O)N(C)c3ccc(Cl)cc3)n2)cc1. The van der Waals surface area contributed by atoms with Crippen molar-refractivity contribution in [3.8, 4) is 17.1 Å². The number of anilines is 1. The molecule has 0 fully saturated rings. The van der Waals surface area contributed by atoms with Crippen molar-refractivity contribution in [2.45, 2.75) is 12.8 Å². The summed E-state index contributed by atoms with van der Waals surface area (Å²) in [7, 11) is 3.34. The van der Waals surface area contributed by atoms with Crippen molar-refractivity contribution in [3.63, 3.8) is 0 Å². The molecule has 0 spiro atoms. The average molecular weight is 372 g/mol. The standard InChI is InChI=1S/C19H18ClN3O3/c1-23(15-7-5-14(20)6-8-15)18(24)12-11-17-21-19(22-26-17)13-3-9-16(25-2)10-4-13/h3-10H,11-12H2,1-2H3. The maximum Gasteiger partial charge on any atom is 0.227 e. The van der Waals surface area contributed by atoms with Gasteiger partial charge in [0.25, 0.3) is 0 Å². The minimum atomic E-state index is -0.0449. The number of rotatable bonds is 6. The van der Waals surface area contributed by atoms with Crippen LogP contribution in [0, 0.1) is 0 Å². The maximum absolute atomic E-state index is 12.3. The molecule has 1 amide bonds. The lowest BCUT2D eigenvalue weighted by atomic mass is 10.2. The van der Waals surface area contributed by atoms with E-state index in [1.54, 1.807) is 43.3 Å². The van der Waals surface area contributed by atoms with Gasteiger partial charge in [0.05, 0.1) is 7.11 Å². The minimum absolute atomic E-state index is 0.0449. The summed E-state index contributed by atoms with van der Waals surface area (Å²) in [5.74, 6) is 1.62. The van der Waals surface area contributed by atoms with E-state index in [0.717, 1.165) is 17.0 Å². The zero-order valence-corrected chi connectivity index (χ0v) is 15.2. The van der Waals surface area contributed by atoms with Crippen LogP contribution in [0.5, 0.6) is 5.75 Å². The van der Waals surface area contributed by atoms with Crippen molar-refractivity contribution < 1.29 is 14.1 Å². The predicted octanol–water partition coefficient (Wildman–Crippen LogP) is 3.99. The van der Waals surface area contributed by atoms with Gasteiger partial charge in [-0.05, 0) is 48.5 Å². The molecule has 2 aromatic carbocycles. The fraction of sp³-hybridized carbons (Fsp3) is 0.211. The normalized spacial score (nSPS) is 10.6. The summed E-state index contributed by atoms with van der Waals surface area (Å²) in [6.07, 6.45) is 0.642. The van der Waals surface area contributed by atoms with Crippen molar-refractivity contribution >= 4 is 23.2 Å². The summed E-state index contributed by atoms with van der Waals surface area (Å²) >= 11 is 5.87. The summed E-state index contributed by atoms with van der Waals surface area (Å²) < 4.78 is 10.4. The number of nitrogens with zero attached hydrogens (tertiary/aromatic N) is 3. The molecule has 1 heterocycles. The molecule has 0 saturated heterocycles. The summed E-state index contributed by atoms with van der Waals surface area (Å²) in [5.41, 5.74) is 1.61. The highest BCUT2D eigenvalue weighted by molar-refractivity contribution is 6.30. The van der Waals surface area contributed by atoms with Gasteiger partial charge < -0.3 is 14.2 Å². The Hall–Kier alpha value is -2.86. The highest BCUT2D eigenvalue weighted by atomic mass is 35.5. The van der Waals surface area contributed by atoms with Crippen molar-refractivity contribution in [1.29, 1.82) is 0 Å². The highest BCUT2D eigenvalue weighted by Gasteiger charge is 2.14. The van der Waals surface area contributed by atoms with Crippen molar-refractivity contribution in [3.05, 3.63) is 59.4 Å². The Morgan fingerprint density at radius 1 is 1.15 bits per heavy atom. The Morgan fingerprint density at radius 2 is 1.85 bits per heavy atom. The first kappa shape index (κ1) is 17.9. The van der Waals surface area contributed by atoms with E-state index in [0.29, 0.717) is 23.2 Å². The first-order valence-corrected chi connectivity index (χ1v) is 8.44. The Labute approximate surface area is 156 Å². The van der Waals surface area contributed by atoms with Gasteiger partial charge in [-0.15, -0.1) is 0 Å². The molecule has 6 nitrogen and oxygen atoms in total. The Bertz CT molecular complexity index is 876. The number of aromatic nitrogens is 2. The second kappa shape index (κ2) is 8.01. The number of hydrogen-bond donors (Lipinski definition) is 0. The zero-order chi connectivity index (χ0) is 18.5. The number of benzene rings is 2. The molecule has 0 bridgehead atoms. The Morgan fingerprint density at radius 3 is 2.50 bits per heavy atom. The van der Waals surface area contributed by atoms with Crippen LogP contribution in [0.25, 0.3) is 11.4 Å². The summed E-state index contributed by atoms with van der Waals surface area (Å²) in [6, 6.07) is 14.5. The van der Waals surface area contributed by atoms with Gasteiger partial charge in [-0.3, -0.25) is 4.79 Å². The number of halogens is 1. The van der Waals surface area contributed by atoms with Gasteiger partial charge in [0.1, 0.15) is 5.75 Å². The fourth-order valence-electron chi connectivity index (χ4n) is 2.40. The van der Waals surface area contributed by atoms with Crippen LogP contribution < -0.4 is 9.64 Å². The van der Waals surface area contributed by atoms with Crippen LogP contribution in [-0.2, 0) is 11.2 Å². The third-order valence-corrected chi connectivity index (χ3v) is 4.21. The monoisotopic (exact) mass is 371 g/mol. The highest BCUT2D eigenvalue weighted by Crippen LogP contribution is 2.21. The number of carbonyl (C=O) groups is 1. The van der Waals surface area contributed by atoms with Crippen molar-refractivity contribution in [2.24, 2.45) is 0 Å². The molecule has 0 aliphatic heterocycles. The zero-order valence-electron chi connectivity index (χ0n) is 14.5. The number of aryl methyl sites for hydroxylation is 1. The number of ether oxygens (including phenoxy) is 1. The largest absolute Gasteiger partial charge is 0.497 e. The smallest absolute Gasteiger partial charge is 0.227 e. The second-order valence-electron chi connectivity index (χ2n) is 5.67. The molecular formula is C19H18ClN3O3. The lowest BCUT2D eigenvalue weighted by molar-refractivity contribution is -0.118.